The first-order chi connectivity index (χ1) is 14.5. The van der Waals surface area contributed by atoms with Gasteiger partial charge in [-0.15, -0.1) is 0 Å². The molecule has 1 amide bonds. The monoisotopic (exact) mass is 455 g/mol. The maximum absolute atomic E-state index is 13.2. The van der Waals surface area contributed by atoms with E-state index in [1.165, 1.54) is 16.3 Å². The number of halogens is 2. The number of nitrogens with one attached hydrogen (secondary N) is 1. The summed E-state index contributed by atoms with van der Waals surface area (Å²) in [7, 11) is 0. The number of rotatable bonds is 5. The number of thioether (sulfide) groups is 1. The highest BCUT2D eigenvalue weighted by Gasteiger charge is 2.15. The molecule has 0 fully saturated rings. The van der Waals surface area contributed by atoms with E-state index < -0.39 is 0 Å². The number of carbonyl (C=O) groups is 1. The Morgan fingerprint density at radius 2 is 1.73 bits per heavy atom. The highest BCUT2D eigenvalue weighted by Crippen LogP contribution is 2.23. The number of nitrogens with zero attached hydrogens (tertiary/aromatic N) is 2. The first-order valence-electron chi connectivity index (χ1n) is 8.97. The van der Waals surface area contributed by atoms with Gasteiger partial charge < -0.3 is 5.32 Å². The Morgan fingerprint density at radius 3 is 2.50 bits per heavy atom. The molecule has 30 heavy (non-hydrogen) atoms. The van der Waals surface area contributed by atoms with Gasteiger partial charge in [-0.05, 0) is 54.6 Å². The van der Waals surface area contributed by atoms with Crippen molar-refractivity contribution in [3.05, 3.63) is 93.2 Å². The summed E-state index contributed by atoms with van der Waals surface area (Å²) in [6, 6.07) is 20.9. The Bertz CT molecular complexity index is 1290. The first kappa shape index (κ1) is 20.5. The van der Waals surface area contributed by atoms with Crippen LogP contribution in [0.1, 0.15) is 0 Å². The summed E-state index contributed by atoms with van der Waals surface area (Å²) < 4.78 is 1.50. The fourth-order valence-corrected chi connectivity index (χ4v) is 4.05. The molecule has 0 radical (unpaired) electrons. The second-order valence-corrected chi connectivity index (χ2v) is 8.19. The third kappa shape index (κ3) is 4.51. The fraction of sp³-hybridized carbons (Fsp3) is 0.0455. The highest BCUT2D eigenvalue weighted by atomic mass is 35.5. The van der Waals surface area contributed by atoms with Crippen molar-refractivity contribution in [1.82, 2.24) is 9.55 Å². The third-order valence-corrected chi connectivity index (χ3v) is 5.70. The summed E-state index contributed by atoms with van der Waals surface area (Å²) in [6.07, 6.45) is 0. The van der Waals surface area contributed by atoms with Crippen LogP contribution in [-0.4, -0.2) is 21.2 Å². The van der Waals surface area contributed by atoms with E-state index in [9.17, 15) is 9.59 Å². The van der Waals surface area contributed by atoms with Crippen molar-refractivity contribution in [3.63, 3.8) is 0 Å². The van der Waals surface area contributed by atoms with Crippen LogP contribution < -0.4 is 10.9 Å². The lowest BCUT2D eigenvalue weighted by Crippen LogP contribution is -2.22. The molecule has 1 heterocycles. The van der Waals surface area contributed by atoms with Gasteiger partial charge >= 0.3 is 0 Å². The molecule has 0 atom stereocenters. The molecule has 3 aromatic carbocycles. The second kappa shape index (κ2) is 8.92. The minimum absolute atomic E-state index is 0.0743. The van der Waals surface area contributed by atoms with Crippen LogP contribution in [0.25, 0.3) is 16.6 Å². The molecule has 0 saturated carbocycles. The Balaban J connectivity index is 1.67. The normalized spacial score (nSPS) is 10.9. The van der Waals surface area contributed by atoms with Crippen LogP contribution in [0.3, 0.4) is 0 Å². The Kier molecular flexibility index (Phi) is 6.08. The molecule has 0 unspecified atom stereocenters. The Hall–Kier alpha value is -2.80. The van der Waals surface area contributed by atoms with Crippen LogP contribution in [0.15, 0.2) is 82.7 Å². The van der Waals surface area contributed by atoms with Crippen molar-refractivity contribution in [2.45, 2.75) is 5.16 Å². The number of hydrogen-bond donors (Lipinski definition) is 1. The number of amides is 1. The second-order valence-electron chi connectivity index (χ2n) is 6.38. The lowest BCUT2D eigenvalue weighted by molar-refractivity contribution is -0.113. The summed E-state index contributed by atoms with van der Waals surface area (Å²) in [6.45, 7) is 0. The summed E-state index contributed by atoms with van der Waals surface area (Å²) in [5.74, 6) is -0.155. The molecule has 4 aromatic rings. The number of carbonyl (C=O) groups excluding carboxylic acids is 1. The predicted octanol–water partition coefficient (Wildman–Crippen LogP) is 5.42. The molecular weight excluding hydrogens is 441 g/mol. The fourth-order valence-electron chi connectivity index (χ4n) is 2.92. The van der Waals surface area contributed by atoms with Gasteiger partial charge in [-0.3, -0.25) is 14.2 Å². The van der Waals surface area contributed by atoms with Gasteiger partial charge in [-0.25, -0.2) is 4.98 Å². The lowest BCUT2D eigenvalue weighted by Gasteiger charge is -2.13. The van der Waals surface area contributed by atoms with Gasteiger partial charge in [0.25, 0.3) is 5.56 Å². The SMILES string of the molecule is O=C(CSc1nc2ccccc2c(=O)n1-c1ccc(Cl)cc1)Nc1cccc(Cl)c1. The van der Waals surface area contributed by atoms with Gasteiger partial charge in [0, 0.05) is 15.7 Å². The maximum atomic E-state index is 13.2. The van der Waals surface area contributed by atoms with Crippen molar-refractivity contribution in [2.75, 3.05) is 11.1 Å². The molecular formula is C22H15Cl2N3O2S. The molecule has 1 N–H and O–H groups in total. The third-order valence-electron chi connectivity index (χ3n) is 4.27. The van der Waals surface area contributed by atoms with Crippen LogP contribution >= 0.6 is 35.0 Å². The molecule has 1 aromatic heterocycles. The molecule has 4 rings (SSSR count). The zero-order chi connectivity index (χ0) is 21.1. The highest BCUT2D eigenvalue weighted by molar-refractivity contribution is 7.99. The first-order valence-corrected chi connectivity index (χ1v) is 10.7. The van der Waals surface area contributed by atoms with E-state index in [1.807, 2.05) is 6.07 Å². The lowest BCUT2D eigenvalue weighted by atomic mass is 10.2. The zero-order valence-corrected chi connectivity index (χ0v) is 17.8. The van der Waals surface area contributed by atoms with Crippen molar-refractivity contribution in [3.8, 4) is 5.69 Å². The van der Waals surface area contributed by atoms with Crippen molar-refractivity contribution in [2.24, 2.45) is 0 Å². The number of fused-ring (bicyclic) bond motifs is 1. The van der Waals surface area contributed by atoms with E-state index in [2.05, 4.69) is 10.3 Å². The van der Waals surface area contributed by atoms with Crippen LogP contribution in [0.2, 0.25) is 10.0 Å². The summed E-state index contributed by atoms with van der Waals surface area (Å²) in [5, 5.41) is 4.81. The van der Waals surface area contributed by atoms with E-state index >= 15 is 0 Å². The molecule has 0 spiro atoms. The predicted molar refractivity (Wildman–Crippen MR) is 123 cm³/mol. The van der Waals surface area contributed by atoms with Gasteiger partial charge in [0.2, 0.25) is 5.91 Å². The van der Waals surface area contributed by atoms with E-state index in [4.69, 9.17) is 23.2 Å². The topological polar surface area (TPSA) is 64.0 Å². The van der Waals surface area contributed by atoms with Crippen LogP contribution in [0, 0.1) is 0 Å². The van der Waals surface area contributed by atoms with Crippen molar-refractivity contribution in [1.29, 1.82) is 0 Å². The van der Waals surface area contributed by atoms with Gasteiger partial charge in [0.1, 0.15) is 0 Å². The van der Waals surface area contributed by atoms with Gasteiger partial charge in [0.15, 0.2) is 5.16 Å². The van der Waals surface area contributed by atoms with Crippen LogP contribution in [0.4, 0.5) is 5.69 Å². The summed E-state index contributed by atoms with van der Waals surface area (Å²) in [4.78, 5) is 30.2. The smallest absolute Gasteiger partial charge is 0.266 e. The van der Waals surface area contributed by atoms with Crippen LogP contribution in [0.5, 0.6) is 0 Å². The van der Waals surface area contributed by atoms with Crippen LogP contribution in [-0.2, 0) is 4.79 Å². The number of hydrogen-bond acceptors (Lipinski definition) is 4. The summed E-state index contributed by atoms with van der Waals surface area (Å²) in [5.41, 5.74) is 1.60. The number of benzene rings is 3. The molecule has 0 saturated heterocycles. The standard InChI is InChI=1S/C22H15Cl2N3O2S/c23-14-8-10-17(11-9-14)27-21(29)18-6-1-2-7-19(18)26-22(27)30-13-20(28)25-16-5-3-4-15(24)12-16/h1-12H,13H2,(H,25,28). The molecule has 0 aliphatic rings. The zero-order valence-electron chi connectivity index (χ0n) is 15.5. The van der Waals surface area contributed by atoms with Gasteiger partial charge in [-0.2, -0.15) is 0 Å². The van der Waals surface area contributed by atoms with E-state index in [1.54, 1.807) is 66.7 Å². The maximum Gasteiger partial charge on any atom is 0.266 e. The molecule has 0 aliphatic heterocycles. The van der Waals surface area contributed by atoms with Gasteiger partial charge in [-0.1, -0.05) is 53.2 Å². The molecule has 8 heteroatoms. The van der Waals surface area contributed by atoms with Crippen molar-refractivity contribution < 1.29 is 4.79 Å². The van der Waals surface area contributed by atoms with Gasteiger partial charge in [0.05, 0.1) is 22.3 Å². The molecule has 0 aliphatic carbocycles. The minimum Gasteiger partial charge on any atom is -0.325 e. The Morgan fingerprint density at radius 1 is 0.967 bits per heavy atom. The summed E-state index contributed by atoms with van der Waals surface area (Å²) >= 11 is 13.1. The largest absolute Gasteiger partial charge is 0.325 e. The van der Waals surface area contributed by atoms with Crippen molar-refractivity contribution >= 4 is 57.5 Å². The number of aromatic nitrogens is 2. The minimum atomic E-state index is -0.229. The molecule has 150 valence electrons. The van der Waals surface area contributed by atoms with E-state index in [0.717, 1.165) is 0 Å². The Labute approximate surface area is 186 Å². The van der Waals surface area contributed by atoms with E-state index in [-0.39, 0.29) is 17.2 Å². The van der Waals surface area contributed by atoms with E-state index in [0.29, 0.717) is 37.5 Å². The molecule has 0 bridgehead atoms. The quantitative estimate of drug-likeness (QED) is 0.322. The number of anilines is 1. The average Bonchev–Trinajstić information content (AvgIpc) is 2.73. The average molecular weight is 456 g/mol. The number of para-hydroxylation sites is 1. The molecule has 5 nitrogen and oxygen atoms in total.